The van der Waals surface area contributed by atoms with Crippen LogP contribution in [-0.4, -0.2) is 51.4 Å². The van der Waals surface area contributed by atoms with Crippen molar-refractivity contribution in [2.24, 2.45) is 5.92 Å². The third-order valence-corrected chi connectivity index (χ3v) is 7.45. The Bertz CT molecular complexity index is 1440. The van der Waals surface area contributed by atoms with Crippen LogP contribution in [0.2, 0.25) is 5.02 Å². The largest absolute Gasteiger partial charge is 0.494 e. The second-order valence-electron chi connectivity index (χ2n) is 8.18. The average molecular weight is 539 g/mol. The zero-order valence-electron chi connectivity index (χ0n) is 18.8. The molecular formula is C24H21ClF2N2O6S. The molecule has 1 fully saturated rings. The molecule has 3 aromatic carbocycles. The number of nitrogens with zero attached hydrogens (tertiary/aromatic N) is 1. The summed E-state index contributed by atoms with van der Waals surface area (Å²) in [7, 11) is -3.48. The van der Waals surface area contributed by atoms with Gasteiger partial charge in [0.05, 0.1) is 23.4 Å². The SMILES string of the molecule is COc1c(Cl)cc(C(=O)O)cc1S(=O)(=O)Nc1cc(-c2ccccc2N2CC(CO)C2)c(F)cc1F. The monoisotopic (exact) mass is 538 g/mol. The number of anilines is 2. The number of hydrogen-bond donors (Lipinski definition) is 3. The van der Waals surface area contributed by atoms with Crippen molar-refractivity contribution in [3.05, 3.63) is 70.8 Å². The molecule has 0 bridgehead atoms. The number of hydrogen-bond acceptors (Lipinski definition) is 6. The first-order valence-electron chi connectivity index (χ1n) is 10.6. The van der Waals surface area contributed by atoms with Crippen LogP contribution < -0.4 is 14.4 Å². The van der Waals surface area contributed by atoms with E-state index < -0.39 is 43.8 Å². The lowest BCUT2D eigenvalue weighted by atomic mass is 9.96. The van der Waals surface area contributed by atoms with Crippen LogP contribution in [0.25, 0.3) is 11.1 Å². The lowest BCUT2D eigenvalue weighted by Crippen LogP contribution is -2.48. The van der Waals surface area contributed by atoms with Crippen LogP contribution in [0.5, 0.6) is 5.75 Å². The van der Waals surface area contributed by atoms with E-state index in [0.29, 0.717) is 30.4 Å². The first kappa shape index (κ1) is 25.7. The molecule has 1 saturated heterocycles. The number of sulfonamides is 1. The maximum Gasteiger partial charge on any atom is 0.335 e. The molecule has 36 heavy (non-hydrogen) atoms. The first-order chi connectivity index (χ1) is 17.1. The van der Waals surface area contributed by atoms with Crippen molar-refractivity contribution < 1.29 is 36.9 Å². The maximum atomic E-state index is 14.9. The summed E-state index contributed by atoms with van der Waals surface area (Å²) in [6.07, 6.45) is 0. The Morgan fingerprint density at radius 2 is 1.83 bits per heavy atom. The number of rotatable bonds is 8. The van der Waals surface area contributed by atoms with E-state index in [1.54, 1.807) is 24.3 Å². The normalized spacial score (nSPS) is 13.9. The van der Waals surface area contributed by atoms with Crippen LogP contribution in [0.4, 0.5) is 20.2 Å². The van der Waals surface area contributed by atoms with Crippen molar-refractivity contribution in [3.63, 3.8) is 0 Å². The number of methoxy groups -OCH3 is 1. The molecule has 0 spiro atoms. The Labute approximate surface area is 210 Å². The number of aliphatic hydroxyl groups is 1. The van der Waals surface area contributed by atoms with E-state index >= 15 is 0 Å². The zero-order chi connectivity index (χ0) is 26.2. The van der Waals surface area contributed by atoms with E-state index in [4.69, 9.17) is 16.3 Å². The van der Waals surface area contributed by atoms with Crippen LogP contribution in [0.3, 0.4) is 0 Å². The number of nitrogens with one attached hydrogen (secondary N) is 1. The molecule has 1 heterocycles. The molecule has 0 saturated carbocycles. The Balaban J connectivity index is 1.77. The van der Waals surface area contributed by atoms with E-state index in [1.165, 1.54) is 0 Å². The minimum Gasteiger partial charge on any atom is -0.494 e. The van der Waals surface area contributed by atoms with Gasteiger partial charge in [0.2, 0.25) is 0 Å². The summed E-state index contributed by atoms with van der Waals surface area (Å²) in [5, 5.41) is 18.3. The van der Waals surface area contributed by atoms with Gasteiger partial charge in [0.25, 0.3) is 10.0 Å². The number of carboxylic acid groups (broad SMARTS) is 1. The molecule has 0 atom stereocenters. The lowest BCUT2D eigenvalue weighted by Gasteiger charge is -2.41. The average Bonchev–Trinajstić information content (AvgIpc) is 2.80. The van der Waals surface area contributed by atoms with Gasteiger partial charge in [-0.25, -0.2) is 22.0 Å². The summed E-state index contributed by atoms with van der Waals surface area (Å²) >= 11 is 6.01. The summed E-state index contributed by atoms with van der Waals surface area (Å²) in [6.45, 7) is 1.12. The van der Waals surface area contributed by atoms with E-state index in [9.17, 15) is 32.2 Å². The topological polar surface area (TPSA) is 116 Å². The zero-order valence-corrected chi connectivity index (χ0v) is 20.4. The maximum absolute atomic E-state index is 14.9. The van der Waals surface area contributed by atoms with Gasteiger partial charge in [0, 0.05) is 48.5 Å². The van der Waals surface area contributed by atoms with Crippen molar-refractivity contribution in [2.45, 2.75) is 4.90 Å². The summed E-state index contributed by atoms with van der Waals surface area (Å²) in [5.74, 6) is -3.77. The molecule has 3 aromatic rings. The van der Waals surface area contributed by atoms with Gasteiger partial charge in [-0.15, -0.1) is 0 Å². The van der Waals surface area contributed by atoms with Gasteiger partial charge in [-0.05, 0) is 24.3 Å². The summed E-state index contributed by atoms with van der Waals surface area (Å²) in [5.41, 5.74) is 0.00828. The van der Waals surface area contributed by atoms with Crippen LogP contribution in [0.15, 0.2) is 53.4 Å². The molecule has 0 amide bonds. The molecule has 0 unspecified atom stereocenters. The fourth-order valence-corrected chi connectivity index (χ4v) is 5.61. The molecule has 12 heteroatoms. The van der Waals surface area contributed by atoms with E-state index in [1.807, 2.05) is 4.90 Å². The lowest BCUT2D eigenvalue weighted by molar-refractivity contribution is 0.0696. The Morgan fingerprint density at radius 1 is 1.14 bits per heavy atom. The second kappa shape index (κ2) is 9.92. The molecule has 1 aliphatic heterocycles. The minimum atomic E-state index is -4.62. The first-order valence-corrected chi connectivity index (χ1v) is 12.5. The molecule has 0 aromatic heterocycles. The highest BCUT2D eigenvalue weighted by Gasteiger charge is 2.29. The number of para-hydroxylation sites is 1. The fraction of sp³-hybridized carbons (Fsp3) is 0.208. The van der Waals surface area contributed by atoms with Crippen LogP contribution in [0, 0.1) is 17.6 Å². The third-order valence-electron chi connectivity index (χ3n) is 5.80. The quantitative estimate of drug-likeness (QED) is 0.393. The minimum absolute atomic E-state index is 0.0199. The molecule has 3 N–H and O–H groups in total. The highest BCUT2D eigenvalue weighted by atomic mass is 35.5. The molecule has 1 aliphatic rings. The van der Waals surface area contributed by atoms with Crippen molar-refractivity contribution in [1.29, 1.82) is 0 Å². The van der Waals surface area contributed by atoms with Gasteiger partial charge in [0.15, 0.2) is 5.75 Å². The number of aliphatic hydroxyl groups excluding tert-OH is 1. The highest BCUT2D eigenvalue weighted by Crippen LogP contribution is 2.39. The molecule has 8 nitrogen and oxygen atoms in total. The van der Waals surface area contributed by atoms with Gasteiger partial charge in [-0.3, -0.25) is 4.72 Å². The van der Waals surface area contributed by atoms with Crippen LogP contribution in [0.1, 0.15) is 10.4 Å². The van der Waals surface area contributed by atoms with Crippen molar-refractivity contribution in [2.75, 3.05) is 36.4 Å². The molecule has 4 rings (SSSR count). The van der Waals surface area contributed by atoms with Crippen LogP contribution >= 0.6 is 11.6 Å². The summed E-state index contributed by atoms with van der Waals surface area (Å²) in [6, 6.07) is 10.2. The summed E-state index contributed by atoms with van der Waals surface area (Å²) < 4.78 is 63.1. The number of ether oxygens (including phenoxy) is 1. The highest BCUT2D eigenvalue weighted by molar-refractivity contribution is 7.92. The third kappa shape index (κ3) is 4.81. The number of benzene rings is 3. The van der Waals surface area contributed by atoms with Crippen molar-refractivity contribution in [1.82, 2.24) is 0 Å². The van der Waals surface area contributed by atoms with Gasteiger partial charge in [-0.2, -0.15) is 0 Å². The molecule has 190 valence electrons. The molecular weight excluding hydrogens is 518 g/mol. The smallest absolute Gasteiger partial charge is 0.335 e. The molecule has 0 aliphatic carbocycles. The number of carbonyl (C=O) groups is 1. The predicted octanol–water partition coefficient (Wildman–Crippen LogP) is 4.22. The standard InChI is InChI=1S/C24H21ClF2N2O6S/c1-35-23-17(25)6-14(24(31)32)7-22(23)36(33,34)28-20-8-16(18(26)9-19(20)27)15-4-2-3-5-21(15)29-10-13(11-29)12-30/h2-9,13,28,30H,10-12H2,1H3,(H,31,32). The fourth-order valence-electron chi connectivity index (χ4n) is 3.98. The second-order valence-corrected chi connectivity index (χ2v) is 10.2. The Hall–Kier alpha value is -3.41. The van der Waals surface area contributed by atoms with Gasteiger partial charge < -0.3 is 19.8 Å². The van der Waals surface area contributed by atoms with Gasteiger partial charge in [0.1, 0.15) is 16.5 Å². The predicted molar refractivity (Wildman–Crippen MR) is 130 cm³/mol. The van der Waals surface area contributed by atoms with E-state index in [2.05, 4.69) is 4.72 Å². The number of carboxylic acids is 1. The number of aromatic carboxylic acids is 1. The van der Waals surface area contributed by atoms with Gasteiger partial charge >= 0.3 is 5.97 Å². The van der Waals surface area contributed by atoms with Crippen molar-refractivity contribution in [3.8, 4) is 16.9 Å². The van der Waals surface area contributed by atoms with Crippen molar-refractivity contribution >= 4 is 39.0 Å². The van der Waals surface area contributed by atoms with Gasteiger partial charge in [-0.1, -0.05) is 29.8 Å². The Morgan fingerprint density at radius 3 is 2.47 bits per heavy atom. The molecule has 0 radical (unpaired) electrons. The Kier molecular flexibility index (Phi) is 7.07. The summed E-state index contributed by atoms with van der Waals surface area (Å²) in [4.78, 5) is 12.7. The van der Waals surface area contributed by atoms with E-state index in [-0.39, 0.29) is 28.9 Å². The number of halogens is 3. The van der Waals surface area contributed by atoms with E-state index in [0.717, 1.165) is 25.3 Å². The van der Waals surface area contributed by atoms with Crippen LogP contribution in [-0.2, 0) is 10.0 Å².